The SMILES string of the molecule is CCC(C)(CN)OC(C)C(=O)NC1CCCCC1. The van der Waals surface area contributed by atoms with E-state index in [1.54, 1.807) is 0 Å². The third-order valence-corrected chi connectivity index (χ3v) is 3.96. The molecule has 0 aromatic heterocycles. The van der Waals surface area contributed by atoms with E-state index in [0.717, 1.165) is 19.3 Å². The van der Waals surface area contributed by atoms with Gasteiger partial charge in [0.2, 0.25) is 5.91 Å². The lowest BCUT2D eigenvalue weighted by Crippen LogP contribution is -2.47. The molecule has 1 aliphatic rings. The van der Waals surface area contributed by atoms with Gasteiger partial charge in [-0.1, -0.05) is 26.2 Å². The Bertz CT molecular complexity index is 259. The van der Waals surface area contributed by atoms with Crippen molar-refractivity contribution in [3.05, 3.63) is 0 Å². The number of nitrogens with one attached hydrogen (secondary N) is 1. The van der Waals surface area contributed by atoms with Crippen LogP contribution in [0.5, 0.6) is 0 Å². The monoisotopic (exact) mass is 256 g/mol. The maximum atomic E-state index is 12.0. The summed E-state index contributed by atoms with van der Waals surface area (Å²) in [7, 11) is 0. The smallest absolute Gasteiger partial charge is 0.249 e. The van der Waals surface area contributed by atoms with Crippen LogP contribution in [0, 0.1) is 0 Å². The molecular formula is C14H28N2O2. The summed E-state index contributed by atoms with van der Waals surface area (Å²) in [4.78, 5) is 12.0. The molecule has 0 bridgehead atoms. The Morgan fingerprint density at radius 1 is 1.44 bits per heavy atom. The van der Waals surface area contributed by atoms with Gasteiger partial charge in [0.15, 0.2) is 0 Å². The average Bonchev–Trinajstić information content (AvgIpc) is 2.39. The average molecular weight is 256 g/mol. The van der Waals surface area contributed by atoms with Crippen molar-refractivity contribution in [2.24, 2.45) is 5.73 Å². The van der Waals surface area contributed by atoms with E-state index in [1.165, 1.54) is 19.3 Å². The quantitative estimate of drug-likeness (QED) is 0.763. The van der Waals surface area contributed by atoms with E-state index >= 15 is 0 Å². The summed E-state index contributed by atoms with van der Waals surface area (Å²) >= 11 is 0. The van der Waals surface area contributed by atoms with Crippen LogP contribution in [0.15, 0.2) is 0 Å². The zero-order valence-corrected chi connectivity index (χ0v) is 12.0. The number of carbonyl (C=O) groups excluding carboxylic acids is 1. The lowest BCUT2D eigenvalue weighted by atomic mass is 9.95. The van der Waals surface area contributed by atoms with E-state index in [1.807, 2.05) is 20.8 Å². The number of nitrogens with two attached hydrogens (primary N) is 1. The van der Waals surface area contributed by atoms with Gasteiger partial charge in [-0.05, 0) is 33.1 Å². The van der Waals surface area contributed by atoms with Crippen LogP contribution in [-0.4, -0.2) is 30.2 Å². The maximum Gasteiger partial charge on any atom is 0.249 e. The molecule has 0 aromatic rings. The Labute approximate surface area is 111 Å². The van der Waals surface area contributed by atoms with E-state index < -0.39 is 11.7 Å². The van der Waals surface area contributed by atoms with Crippen molar-refractivity contribution in [2.75, 3.05) is 6.54 Å². The second-order valence-corrected chi connectivity index (χ2v) is 5.61. The molecule has 0 aromatic carbocycles. The van der Waals surface area contributed by atoms with Gasteiger partial charge < -0.3 is 15.8 Å². The second-order valence-electron chi connectivity index (χ2n) is 5.61. The molecule has 2 unspecified atom stereocenters. The van der Waals surface area contributed by atoms with Crippen LogP contribution in [0.25, 0.3) is 0 Å². The minimum atomic E-state index is -0.430. The van der Waals surface area contributed by atoms with Gasteiger partial charge in [-0.2, -0.15) is 0 Å². The number of amides is 1. The molecule has 4 nitrogen and oxygen atoms in total. The molecule has 4 heteroatoms. The fraction of sp³-hybridized carbons (Fsp3) is 0.929. The first-order valence-corrected chi connectivity index (χ1v) is 7.19. The summed E-state index contributed by atoms with van der Waals surface area (Å²) < 4.78 is 5.80. The van der Waals surface area contributed by atoms with Crippen LogP contribution >= 0.6 is 0 Å². The molecule has 0 saturated heterocycles. The number of rotatable bonds is 6. The molecule has 1 fully saturated rings. The van der Waals surface area contributed by atoms with E-state index in [9.17, 15) is 4.79 Å². The third kappa shape index (κ3) is 4.58. The fourth-order valence-electron chi connectivity index (χ4n) is 2.32. The first kappa shape index (κ1) is 15.4. The number of hydrogen-bond acceptors (Lipinski definition) is 3. The molecule has 1 rings (SSSR count). The summed E-state index contributed by atoms with van der Waals surface area (Å²) in [5, 5.41) is 3.08. The fourth-order valence-corrected chi connectivity index (χ4v) is 2.32. The molecule has 18 heavy (non-hydrogen) atoms. The lowest BCUT2D eigenvalue weighted by Gasteiger charge is -2.31. The van der Waals surface area contributed by atoms with Gasteiger partial charge in [0, 0.05) is 12.6 Å². The molecule has 106 valence electrons. The Balaban J connectivity index is 2.40. The van der Waals surface area contributed by atoms with E-state index in [2.05, 4.69) is 5.32 Å². The highest BCUT2D eigenvalue weighted by molar-refractivity contribution is 5.80. The molecule has 1 amide bonds. The molecule has 0 heterocycles. The third-order valence-electron chi connectivity index (χ3n) is 3.96. The summed E-state index contributed by atoms with van der Waals surface area (Å²) in [6.07, 6.45) is 6.30. The first-order valence-electron chi connectivity index (χ1n) is 7.19. The molecule has 0 aliphatic heterocycles. The highest BCUT2D eigenvalue weighted by Crippen LogP contribution is 2.19. The predicted molar refractivity (Wildman–Crippen MR) is 73.3 cm³/mol. The Morgan fingerprint density at radius 3 is 2.56 bits per heavy atom. The van der Waals surface area contributed by atoms with Crippen LogP contribution in [-0.2, 0) is 9.53 Å². The number of hydrogen-bond donors (Lipinski definition) is 2. The van der Waals surface area contributed by atoms with Gasteiger partial charge in [0.1, 0.15) is 6.10 Å². The van der Waals surface area contributed by atoms with Gasteiger partial charge in [-0.15, -0.1) is 0 Å². The molecular weight excluding hydrogens is 228 g/mol. The van der Waals surface area contributed by atoms with Crippen molar-refractivity contribution in [3.63, 3.8) is 0 Å². The first-order chi connectivity index (χ1) is 8.50. The van der Waals surface area contributed by atoms with Gasteiger partial charge in [0.05, 0.1) is 5.60 Å². The van der Waals surface area contributed by atoms with E-state index in [4.69, 9.17) is 10.5 Å². The highest BCUT2D eigenvalue weighted by Gasteiger charge is 2.28. The van der Waals surface area contributed by atoms with E-state index in [-0.39, 0.29) is 5.91 Å². The number of carbonyl (C=O) groups is 1. The Morgan fingerprint density at radius 2 is 2.06 bits per heavy atom. The van der Waals surface area contributed by atoms with Gasteiger partial charge in [-0.25, -0.2) is 0 Å². The molecule has 3 N–H and O–H groups in total. The van der Waals surface area contributed by atoms with Crippen molar-refractivity contribution in [1.29, 1.82) is 0 Å². The van der Waals surface area contributed by atoms with Crippen molar-refractivity contribution < 1.29 is 9.53 Å². The Kier molecular flexibility index (Phi) is 6.09. The van der Waals surface area contributed by atoms with E-state index in [0.29, 0.717) is 12.6 Å². The Hall–Kier alpha value is -0.610. The maximum absolute atomic E-state index is 12.0. The molecule has 0 spiro atoms. The van der Waals surface area contributed by atoms with Gasteiger partial charge in [0.25, 0.3) is 0 Å². The van der Waals surface area contributed by atoms with Crippen LogP contribution in [0.4, 0.5) is 0 Å². The van der Waals surface area contributed by atoms with Crippen molar-refractivity contribution >= 4 is 5.91 Å². The van der Waals surface area contributed by atoms with Gasteiger partial charge >= 0.3 is 0 Å². The highest BCUT2D eigenvalue weighted by atomic mass is 16.5. The van der Waals surface area contributed by atoms with Crippen LogP contribution in [0.2, 0.25) is 0 Å². The lowest BCUT2D eigenvalue weighted by molar-refractivity contribution is -0.144. The minimum absolute atomic E-state index is 0.00461. The van der Waals surface area contributed by atoms with Crippen molar-refractivity contribution in [3.8, 4) is 0 Å². The number of ether oxygens (including phenoxy) is 1. The molecule has 1 saturated carbocycles. The summed E-state index contributed by atoms with van der Waals surface area (Å²) in [6, 6.07) is 0.336. The summed E-state index contributed by atoms with van der Waals surface area (Å²) in [5.41, 5.74) is 5.29. The van der Waals surface area contributed by atoms with Crippen LogP contribution in [0.3, 0.4) is 0 Å². The summed E-state index contributed by atoms with van der Waals surface area (Å²) in [6.45, 7) is 6.22. The normalized spacial score (nSPS) is 22.2. The second kappa shape index (κ2) is 7.10. The van der Waals surface area contributed by atoms with Crippen LogP contribution < -0.4 is 11.1 Å². The topological polar surface area (TPSA) is 64.3 Å². The van der Waals surface area contributed by atoms with Crippen LogP contribution in [0.1, 0.15) is 59.3 Å². The predicted octanol–water partition coefficient (Wildman–Crippen LogP) is 1.97. The largest absolute Gasteiger partial charge is 0.361 e. The standard InChI is InChI=1S/C14H28N2O2/c1-4-14(3,10-15)18-11(2)13(17)16-12-8-6-5-7-9-12/h11-12H,4-10,15H2,1-3H3,(H,16,17). The zero-order chi connectivity index (χ0) is 13.6. The molecule has 2 atom stereocenters. The van der Waals surface area contributed by atoms with Crippen molar-refractivity contribution in [1.82, 2.24) is 5.32 Å². The minimum Gasteiger partial charge on any atom is -0.361 e. The van der Waals surface area contributed by atoms with Crippen molar-refractivity contribution in [2.45, 2.75) is 77.0 Å². The zero-order valence-electron chi connectivity index (χ0n) is 12.0. The molecule has 1 aliphatic carbocycles. The summed E-state index contributed by atoms with van der Waals surface area (Å²) in [5.74, 6) is -0.00461. The van der Waals surface area contributed by atoms with Gasteiger partial charge in [-0.3, -0.25) is 4.79 Å². The molecule has 0 radical (unpaired) electrons.